The van der Waals surface area contributed by atoms with Crippen molar-refractivity contribution in [3.8, 4) is 0 Å². The fourth-order valence-electron chi connectivity index (χ4n) is 4.07. The summed E-state index contributed by atoms with van der Waals surface area (Å²) in [5.41, 5.74) is 0.851. The Labute approximate surface area is 139 Å². The number of rotatable bonds is 4. The highest BCUT2D eigenvalue weighted by Crippen LogP contribution is 2.38. The summed E-state index contributed by atoms with van der Waals surface area (Å²) >= 11 is 0. The van der Waals surface area contributed by atoms with E-state index < -0.39 is 0 Å². The normalized spacial score (nSPS) is 24.8. The Morgan fingerprint density at radius 3 is 2.57 bits per heavy atom. The number of ether oxygens (including phenoxy) is 1. The van der Waals surface area contributed by atoms with E-state index in [-0.39, 0.29) is 5.41 Å². The number of benzene rings is 1. The molecule has 1 amide bonds. The van der Waals surface area contributed by atoms with E-state index >= 15 is 0 Å². The van der Waals surface area contributed by atoms with Crippen LogP contribution in [0.15, 0.2) is 30.3 Å². The number of carbonyl (C=O) groups is 1. The lowest BCUT2D eigenvalue weighted by atomic mass is 9.71. The molecule has 126 valence electrons. The predicted molar refractivity (Wildman–Crippen MR) is 91.4 cm³/mol. The summed E-state index contributed by atoms with van der Waals surface area (Å²) in [5.74, 6) is 0.818. The van der Waals surface area contributed by atoms with Crippen molar-refractivity contribution in [2.75, 3.05) is 46.9 Å². The van der Waals surface area contributed by atoms with E-state index in [0.717, 1.165) is 52.0 Å². The molecular weight excluding hydrogens is 288 g/mol. The standard InChI is InChI=1S/C19H28N2O2/c1-20-12-9-19(10-13-20,17-6-4-3-5-7-17)18(22)21-11-8-16(14-21)15-23-2/h3-7,16H,8-15H2,1-2H3/t16-/m1/s1. The van der Waals surface area contributed by atoms with Gasteiger partial charge in [0.25, 0.3) is 0 Å². The first-order valence-corrected chi connectivity index (χ1v) is 8.68. The Hall–Kier alpha value is -1.39. The first kappa shape index (κ1) is 16.5. The number of amides is 1. The molecule has 0 spiro atoms. The number of piperidine rings is 1. The minimum absolute atomic E-state index is 0.329. The van der Waals surface area contributed by atoms with Gasteiger partial charge in [0.15, 0.2) is 0 Å². The lowest BCUT2D eigenvalue weighted by Gasteiger charge is -2.42. The third kappa shape index (κ3) is 3.29. The van der Waals surface area contributed by atoms with E-state index in [1.165, 1.54) is 5.56 Å². The summed E-state index contributed by atoms with van der Waals surface area (Å²) in [7, 11) is 3.89. The molecule has 23 heavy (non-hydrogen) atoms. The molecule has 0 radical (unpaired) electrons. The van der Waals surface area contributed by atoms with Crippen LogP contribution in [0, 0.1) is 5.92 Å². The second kappa shape index (κ2) is 7.02. The van der Waals surface area contributed by atoms with Gasteiger partial charge in [0.05, 0.1) is 12.0 Å². The van der Waals surface area contributed by atoms with Crippen LogP contribution < -0.4 is 0 Å². The van der Waals surface area contributed by atoms with E-state index in [9.17, 15) is 4.79 Å². The third-order valence-electron chi connectivity index (χ3n) is 5.55. The van der Waals surface area contributed by atoms with Crippen molar-refractivity contribution in [1.82, 2.24) is 9.80 Å². The molecule has 0 aliphatic carbocycles. The molecule has 2 saturated heterocycles. The fraction of sp³-hybridized carbons (Fsp3) is 0.632. The van der Waals surface area contributed by atoms with E-state index in [1.807, 2.05) is 6.07 Å². The van der Waals surface area contributed by atoms with Crippen molar-refractivity contribution in [2.24, 2.45) is 5.92 Å². The maximum atomic E-state index is 13.4. The fourth-order valence-corrected chi connectivity index (χ4v) is 4.07. The summed E-state index contributed by atoms with van der Waals surface area (Å²) < 4.78 is 5.28. The maximum absolute atomic E-state index is 13.4. The first-order chi connectivity index (χ1) is 11.2. The average molecular weight is 316 g/mol. The summed E-state index contributed by atoms with van der Waals surface area (Å²) in [6.07, 6.45) is 2.89. The van der Waals surface area contributed by atoms with Gasteiger partial charge in [-0.2, -0.15) is 0 Å². The van der Waals surface area contributed by atoms with Gasteiger partial charge in [-0.25, -0.2) is 0 Å². The third-order valence-corrected chi connectivity index (χ3v) is 5.55. The molecular formula is C19H28N2O2. The van der Waals surface area contributed by atoms with Crippen LogP contribution in [-0.4, -0.2) is 62.7 Å². The van der Waals surface area contributed by atoms with Crippen LogP contribution in [0.3, 0.4) is 0 Å². The van der Waals surface area contributed by atoms with Crippen LogP contribution >= 0.6 is 0 Å². The zero-order chi connectivity index (χ0) is 16.3. The number of hydrogen-bond donors (Lipinski definition) is 0. The minimum atomic E-state index is -0.338. The van der Waals surface area contributed by atoms with Crippen molar-refractivity contribution < 1.29 is 9.53 Å². The zero-order valence-corrected chi connectivity index (χ0v) is 14.3. The largest absolute Gasteiger partial charge is 0.384 e. The van der Waals surface area contributed by atoms with E-state index in [4.69, 9.17) is 4.74 Å². The molecule has 4 heteroatoms. The lowest BCUT2D eigenvalue weighted by molar-refractivity contribution is -0.138. The zero-order valence-electron chi connectivity index (χ0n) is 14.3. The van der Waals surface area contributed by atoms with Crippen LogP contribution in [0.2, 0.25) is 0 Å². The molecule has 1 aromatic carbocycles. The van der Waals surface area contributed by atoms with Gasteiger partial charge in [-0.1, -0.05) is 30.3 Å². The molecule has 2 fully saturated rings. The Kier molecular flexibility index (Phi) is 5.02. The van der Waals surface area contributed by atoms with Gasteiger partial charge in [0.2, 0.25) is 5.91 Å². The topological polar surface area (TPSA) is 32.8 Å². The second-order valence-corrected chi connectivity index (χ2v) is 7.11. The predicted octanol–water partition coefficient (Wildman–Crippen LogP) is 2.14. The van der Waals surface area contributed by atoms with E-state index in [0.29, 0.717) is 11.8 Å². The van der Waals surface area contributed by atoms with Gasteiger partial charge in [-0.05, 0) is 45.0 Å². The number of hydrogen-bond acceptors (Lipinski definition) is 3. The van der Waals surface area contributed by atoms with Gasteiger partial charge in [-0.3, -0.25) is 4.79 Å². The molecule has 0 bridgehead atoms. The number of likely N-dealkylation sites (tertiary alicyclic amines) is 2. The van der Waals surface area contributed by atoms with Crippen molar-refractivity contribution >= 4 is 5.91 Å². The molecule has 4 nitrogen and oxygen atoms in total. The summed E-state index contributed by atoms with van der Waals surface area (Å²) in [6.45, 7) is 4.44. The van der Waals surface area contributed by atoms with Crippen LogP contribution in [-0.2, 0) is 14.9 Å². The number of nitrogens with zero attached hydrogens (tertiary/aromatic N) is 2. The molecule has 0 aromatic heterocycles. The number of carbonyl (C=O) groups excluding carboxylic acids is 1. The lowest BCUT2D eigenvalue weighted by Crippen LogP contribution is -2.52. The summed E-state index contributed by atoms with van der Waals surface area (Å²) in [4.78, 5) is 17.9. The van der Waals surface area contributed by atoms with Crippen molar-refractivity contribution in [3.05, 3.63) is 35.9 Å². The van der Waals surface area contributed by atoms with Gasteiger partial charge >= 0.3 is 0 Å². The monoisotopic (exact) mass is 316 g/mol. The maximum Gasteiger partial charge on any atom is 0.233 e. The smallest absolute Gasteiger partial charge is 0.233 e. The molecule has 1 aromatic rings. The summed E-state index contributed by atoms with van der Waals surface area (Å²) in [5, 5.41) is 0. The highest BCUT2D eigenvalue weighted by Gasteiger charge is 2.45. The molecule has 0 N–H and O–H groups in total. The second-order valence-electron chi connectivity index (χ2n) is 7.11. The van der Waals surface area contributed by atoms with Gasteiger partial charge < -0.3 is 14.5 Å². The van der Waals surface area contributed by atoms with E-state index in [1.54, 1.807) is 7.11 Å². The SMILES string of the molecule is COC[C@@H]1CCN(C(=O)C2(c3ccccc3)CCN(C)CC2)C1. The van der Waals surface area contributed by atoms with Crippen LogP contribution in [0.1, 0.15) is 24.8 Å². The summed E-state index contributed by atoms with van der Waals surface area (Å²) in [6, 6.07) is 10.4. The highest BCUT2D eigenvalue weighted by atomic mass is 16.5. The minimum Gasteiger partial charge on any atom is -0.384 e. The Morgan fingerprint density at radius 1 is 1.22 bits per heavy atom. The van der Waals surface area contributed by atoms with E-state index in [2.05, 4.69) is 41.1 Å². The van der Waals surface area contributed by atoms with Crippen LogP contribution in [0.5, 0.6) is 0 Å². The first-order valence-electron chi connectivity index (χ1n) is 8.68. The van der Waals surface area contributed by atoms with Gasteiger partial charge in [0.1, 0.15) is 0 Å². The highest BCUT2D eigenvalue weighted by molar-refractivity contribution is 5.88. The van der Waals surface area contributed by atoms with Gasteiger partial charge in [-0.15, -0.1) is 0 Å². The molecule has 3 rings (SSSR count). The molecule has 2 heterocycles. The molecule has 2 aliphatic heterocycles. The van der Waals surface area contributed by atoms with Crippen molar-refractivity contribution in [1.29, 1.82) is 0 Å². The average Bonchev–Trinajstić information content (AvgIpc) is 3.05. The Morgan fingerprint density at radius 2 is 1.91 bits per heavy atom. The van der Waals surface area contributed by atoms with Crippen molar-refractivity contribution in [3.63, 3.8) is 0 Å². The number of methoxy groups -OCH3 is 1. The Balaban J connectivity index is 1.83. The quantitative estimate of drug-likeness (QED) is 0.853. The molecule has 2 aliphatic rings. The van der Waals surface area contributed by atoms with Gasteiger partial charge in [0, 0.05) is 26.1 Å². The Bertz CT molecular complexity index is 523. The van der Waals surface area contributed by atoms with Crippen LogP contribution in [0.4, 0.5) is 0 Å². The molecule has 0 saturated carbocycles. The molecule has 0 unspecified atom stereocenters. The van der Waals surface area contributed by atoms with Crippen LogP contribution in [0.25, 0.3) is 0 Å². The van der Waals surface area contributed by atoms with Crippen molar-refractivity contribution in [2.45, 2.75) is 24.7 Å². The molecule has 1 atom stereocenters.